The second kappa shape index (κ2) is 14.3. The van der Waals surface area contributed by atoms with Crippen molar-refractivity contribution in [3.63, 3.8) is 0 Å². The van der Waals surface area contributed by atoms with E-state index in [1.165, 1.54) is 49.3 Å². The lowest BCUT2D eigenvalue weighted by molar-refractivity contribution is 0.670. The first-order chi connectivity index (χ1) is 30.2. The van der Waals surface area contributed by atoms with Gasteiger partial charge in [-0.25, -0.2) is 0 Å². The highest BCUT2D eigenvalue weighted by Crippen LogP contribution is 2.42. The standard InChI is InChI=1S/C58H38N2O/c1-2-13-39(14-3-1)40-27-32-45(33-28-40)59(47-36-31-42-37-44(26-25-43(42)38-47)49-19-12-20-53-52-18-7-11-24-57(52)61-58(49)53)46-34-29-41(30-35-46)48-15-4-8-21-54(48)60-55-22-9-5-16-50(55)51-17-6-10-23-56(51)60/h1-38H. The summed E-state index contributed by atoms with van der Waals surface area (Å²) in [7, 11) is 0. The summed E-state index contributed by atoms with van der Waals surface area (Å²) in [6.07, 6.45) is 0. The minimum Gasteiger partial charge on any atom is -0.455 e. The number of fused-ring (bicyclic) bond motifs is 7. The molecule has 0 saturated carbocycles. The van der Waals surface area contributed by atoms with Crippen molar-refractivity contribution in [3.05, 3.63) is 231 Å². The van der Waals surface area contributed by atoms with Crippen LogP contribution < -0.4 is 4.90 Å². The molecule has 0 unspecified atom stereocenters. The van der Waals surface area contributed by atoms with E-state index in [-0.39, 0.29) is 0 Å². The van der Waals surface area contributed by atoms with Crippen LogP contribution in [0.2, 0.25) is 0 Å². The van der Waals surface area contributed by atoms with Crippen LogP contribution in [-0.4, -0.2) is 4.57 Å². The first kappa shape index (κ1) is 34.9. The normalized spacial score (nSPS) is 11.6. The van der Waals surface area contributed by atoms with Crippen LogP contribution in [0.4, 0.5) is 17.1 Å². The Morgan fingerprint density at radius 2 is 0.852 bits per heavy atom. The van der Waals surface area contributed by atoms with Gasteiger partial charge in [-0.15, -0.1) is 0 Å². The fraction of sp³-hybridized carbons (Fsp3) is 0. The summed E-state index contributed by atoms with van der Waals surface area (Å²) in [6, 6.07) is 82.9. The predicted molar refractivity (Wildman–Crippen MR) is 257 cm³/mol. The van der Waals surface area contributed by atoms with Gasteiger partial charge in [-0.05, 0) is 99.8 Å². The Balaban J connectivity index is 0.953. The summed E-state index contributed by atoms with van der Waals surface area (Å²) in [6.45, 7) is 0. The molecule has 0 aliphatic heterocycles. The number of rotatable bonds is 7. The molecule has 0 atom stereocenters. The van der Waals surface area contributed by atoms with Gasteiger partial charge in [-0.3, -0.25) is 0 Å². The van der Waals surface area contributed by atoms with Gasteiger partial charge in [0.2, 0.25) is 0 Å². The van der Waals surface area contributed by atoms with Gasteiger partial charge in [0.15, 0.2) is 0 Å². The number of anilines is 3. The number of aromatic nitrogens is 1. The zero-order chi connectivity index (χ0) is 40.3. The fourth-order valence-electron chi connectivity index (χ4n) is 9.28. The number of furan rings is 1. The SMILES string of the molecule is c1ccc(-c2ccc(N(c3ccc(-c4ccccc4-n4c5ccccc5c5ccccc54)cc3)c3ccc4cc(-c5cccc6c5oc5ccccc56)ccc4c3)cc2)cc1. The molecule has 12 rings (SSSR count). The van der Waals surface area contributed by atoms with Crippen LogP contribution in [0.3, 0.4) is 0 Å². The summed E-state index contributed by atoms with van der Waals surface area (Å²) < 4.78 is 8.83. The first-order valence-corrected chi connectivity index (χ1v) is 20.8. The van der Waals surface area contributed by atoms with E-state index in [1.54, 1.807) is 0 Å². The summed E-state index contributed by atoms with van der Waals surface area (Å²) in [4.78, 5) is 2.36. The molecule has 0 bridgehead atoms. The van der Waals surface area contributed by atoms with Gasteiger partial charge in [0.1, 0.15) is 11.2 Å². The summed E-state index contributed by atoms with van der Waals surface area (Å²) in [5.74, 6) is 0. The Bertz CT molecular complexity index is 3520. The highest BCUT2D eigenvalue weighted by Gasteiger charge is 2.18. The Labute approximate surface area is 353 Å². The van der Waals surface area contributed by atoms with E-state index < -0.39 is 0 Å². The van der Waals surface area contributed by atoms with E-state index in [0.717, 1.165) is 61.4 Å². The third-order valence-corrected chi connectivity index (χ3v) is 12.2. The maximum absolute atomic E-state index is 6.42. The smallest absolute Gasteiger partial charge is 0.143 e. The molecule has 3 nitrogen and oxygen atoms in total. The quantitative estimate of drug-likeness (QED) is 0.161. The van der Waals surface area contributed by atoms with Gasteiger partial charge < -0.3 is 13.9 Å². The molecule has 0 radical (unpaired) electrons. The maximum atomic E-state index is 6.42. The summed E-state index contributed by atoms with van der Waals surface area (Å²) >= 11 is 0. The molecule has 0 N–H and O–H groups in total. The molecule has 12 aromatic rings. The minimum atomic E-state index is 0.910. The van der Waals surface area contributed by atoms with E-state index in [4.69, 9.17) is 4.42 Å². The lowest BCUT2D eigenvalue weighted by Crippen LogP contribution is -2.10. The Hall–Kier alpha value is -8.14. The maximum Gasteiger partial charge on any atom is 0.143 e. The zero-order valence-corrected chi connectivity index (χ0v) is 33.2. The Morgan fingerprint density at radius 1 is 0.328 bits per heavy atom. The molecule has 10 aromatic carbocycles. The summed E-state index contributed by atoms with van der Waals surface area (Å²) in [5.41, 5.74) is 15.6. The average molecular weight is 779 g/mol. The number of benzene rings is 10. The molecule has 0 aliphatic rings. The van der Waals surface area contributed by atoms with Crippen molar-refractivity contribution in [3.8, 4) is 39.1 Å². The third kappa shape index (κ3) is 5.90. The number of para-hydroxylation sites is 5. The molecule has 0 fully saturated rings. The highest BCUT2D eigenvalue weighted by atomic mass is 16.3. The van der Waals surface area contributed by atoms with Crippen LogP contribution >= 0.6 is 0 Å². The monoisotopic (exact) mass is 778 g/mol. The predicted octanol–water partition coefficient (Wildman–Crippen LogP) is 16.3. The van der Waals surface area contributed by atoms with E-state index in [2.05, 4.69) is 228 Å². The summed E-state index contributed by atoms with van der Waals surface area (Å²) in [5, 5.41) is 7.13. The molecule has 0 amide bonds. The lowest BCUT2D eigenvalue weighted by atomic mass is 9.98. The van der Waals surface area contributed by atoms with E-state index in [1.807, 2.05) is 12.1 Å². The van der Waals surface area contributed by atoms with Crippen molar-refractivity contribution in [1.29, 1.82) is 0 Å². The first-order valence-electron chi connectivity index (χ1n) is 20.8. The van der Waals surface area contributed by atoms with Crippen molar-refractivity contribution in [2.75, 3.05) is 4.90 Å². The molecular formula is C58H38N2O. The van der Waals surface area contributed by atoms with Gasteiger partial charge in [-0.1, -0.05) is 164 Å². The zero-order valence-electron chi connectivity index (χ0n) is 33.2. The number of hydrogen-bond acceptors (Lipinski definition) is 2. The van der Waals surface area contributed by atoms with Gasteiger partial charge in [0.05, 0.1) is 16.7 Å². The van der Waals surface area contributed by atoms with Gasteiger partial charge >= 0.3 is 0 Å². The van der Waals surface area contributed by atoms with Crippen molar-refractivity contribution >= 4 is 71.6 Å². The Morgan fingerprint density at radius 3 is 1.61 bits per heavy atom. The number of hydrogen-bond donors (Lipinski definition) is 0. The van der Waals surface area contributed by atoms with Crippen LogP contribution in [0.1, 0.15) is 0 Å². The molecule has 0 saturated heterocycles. The highest BCUT2D eigenvalue weighted by molar-refractivity contribution is 6.11. The van der Waals surface area contributed by atoms with Crippen molar-refractivity contribution < 1.29 is 4.42 Å². The molecular weight excluding hydrogens is 741 g/mol. The minimum absolute atomic E-state index is 0.910. The van der Waals surface area contributed by atoms with Gasteiger partial charge in [0, 0.05) is 49.7 Å². The molecule has 61 heavy (non-hydrogen) atoms. The largest absolute Gasteiger partial charge is 0.455 e. The Kier molecular flexibility index (Phi) is 8.17. The van der Waals surface area contributed by atoms with Crippen molar-refractivity contribution in [1.82, 2.24) is 4.57 Å². The molecule has 0 aliphatic carbocycles. The topological polar surface area (TPSA) is 21.3 Å². The fourth-order valence-corrected chi connectivity index (χ4v) is 9.28. The van der Waals surface area contributed by atoms with Crippen LogP contribution in [0, 0.1) is 0 Å². The van der Waals surface area contributed by atoms with Crippen LogP contribution in [0.15, 0.2) is 235 Å². The second-order valence-corrected chi connectivity index (χ2v) is 15.7. The van der Waals surface area contributed by atoms with Gasteiger partial charge in [0.25, 0.3) is 0 Å². The van der Waals surface area contributed by atoms with E-state index >= 15 is 0 Å². The molecule has 0 spiro atoms. The van der Waals surface area contributed by atoms with Crippen molar-refractivity contribution in [2.24, 2.45) is 0 Å². The van der Waals surface area contributed by atoms with Crippen molar-refractivity contribution in [2.45, 2.75) is 0 Å². The third-order valence-electron chi connectivity index (χ3n) is 12.2. The molecule has 2 heterocycles. The van der Waals surface area contributed by atoms with Crippen LogP contribution in [0.5, 0.6) is 0 Å². The lowest BCUT2D eigenvalue weighted by Gasteiger charge is -2.26. The van der Waals surface area contributed by atoms with Crippen LogP contribution in [0.25, 0.3) is 93.6 Å². The number of nitrogens with zero attached hydrogens (tertiary/aromatic N) is 2. The average Bonchev–Trinajstić information content (AvgIpc) is 3.88. The van der Waals surface area contributed by atoms with E-state index in [9.17, 15) is 0 Å². The molecule has 286 valence electrons. The van der Waals surface area contributed by atoms with Crippen LogP contribution in [-0.2, 0) is 0 Å². The van der Waals surface area contributed by atoms with E-state index in [0.29, 0.717) is 0 Å². The van der Waals surface area contributed by atoms with Gasteiger partial charge in [-0.2, -0.15) is 0 Å². The molecule has 2 aromatic heterocycles. The molecule has 3 heteroatoms. The second-order valence-electron chi connectivity index (χ2n) is 15.7.